The second kappa shape index (κ2) is 9.47. The number of rotatable bonds is 8. The minimum absolute atomic E-state index is 0.0659. The molecule has 1 aliphatic heterocycles. The molecule has 0 radical (unpaired) electrons. The van der Waals surface area contributed by atoms with E-state index in [0.717, 1.165) is 48.4 Å². The van der Waals surface area contributed by atoms with E-state index in [9.17, 15) is 4.79 Å². The van der Waals surface area contributed by atoms with Gasteiger partial charge in [-0.25, -0.2) is 0 Å². The van der Waals surface area contributed by atoms with Crippen molar-refractivity contribution in [3.05, 3.63) is 35.9 Å². The number of nitrogens with one attached hydrogen (secondary N) is 2. The molecule has 1 aromatic rings. The van der Waals surface area contributed by atoms with E-state index in [1.807, 2.05) is 26.0 Å². The molecule has 5 nitrogen and oxygen atoms in total. The molecule has 2 N–H and O–H groups in total. The highest BCUT2D eigenvalue weighted by atomic mass is 16.5. The largest absolute Gasteiger partial charge is 0.493 e. The van der Waals surface area contributed by atoms with Crippen LogP contribution >= 0.6 is 0 Å². The zero-order valence-corrected chi connectivity index (χ0v) is 15.6. The van der Waals surface area contributed by atoms with Crippen LogP contribution in [0.3, 0.4) is 0 Å². The van der Waals surface area contributed by atoms with Crippen LogP contribution in [0.5, 0.6) is 11.5 Å². The van der Waals surface area contributed by atoms with Crippen molar-refractivity contribution in [1.29, 1.82) is 0 Å². The lowest BCUT2D eigenvalue weighted by atomic mass is 10.0. The Balaban J connectivity index is 2.18. The van der Waals surface area contributed by atoms with Crippen molar-refractivity contribution < 1.29 is 14.3 Å². The number of carbonyl (C=O) groups is 1. The third-order valence-corrected chi connectivity index (χ3v) is 4.22. The van der Waals surface area contributed by atoms with Crippen molar-refractivity contribution in [2.45, 2.75) is 58.2 Å². The quantitative estimate of drug-likeness (QED) is 0.711. The summed E-state index contributed by atoms with van der Waals surface area (Å²) in [6.07, 6.45) is 5.60. The number of allylic oxidation sites excluding steroid dienone is 1. The summed E-state index contributed by atoms with van der Waals surface area (Å²) in [4.78, 5) is 12.1. The topological polar surface area (TPSA) is 59.6 Å². The van der Waals surface area contributed by atoms with E-state index < -0.39 is 0 Å². The Bertz CT molecular complexity index is 599. The number of carbonyl (C=O) groups excluding carboxylic acids is 1. The fraction of sp³-hybridized carbons (Fsp3) is 0.550. The van der Waals surface area contributed by atoms with Crippen LogP contribution in [0.2, 0.25) is 0 Å². The van der Waals surface area contributed by atoms with Crippen molar-refractivity contribution in [1.82, 2.24) is 10.6 Å². The second-order valence-electron chi connectivity index (χ2n) is 6.67. The molecule has 1 amide bonds. The van der Waals surface area contributed by atoms with E-state index in [-0.39, 0.29) is 18.1 Å². The van der Waals surface area contributed by atoms with Crippen molar-refractivity contribution >= 4 is 5.91 Å². The van der Waals surface area contributed by atoms with Crippen LogP contribution in [0.1, 0.15) is 44.2 Å². The molecular formula is C20H30N2O3. The van der Waals surface area contributed by atoms with E-state index in [1.165, 1.54) is 0 Å². The fourth-order valence-electron chi connectivity index (χ4n) is 3.03. The Morgan fingerprint density at radius 3 is 2.88 bits per heavy atom. The normalized spacial score (nSPS) is 17.8. The van der Waals surface area contributed by atoms with E-state index in [2.05, 4.69) is 23.3 Å². The maximum Gasteiger partial charge on any atom is 0.237 e. The predicted molar refractivity (Wildman–Crippen MR) is 100 cm³/mol. The lowest BCUT2D eigenvalue weighted by Gasteiger charge is -2.20. The summed E-state index contributed by atoms with van der Waals surface area (Å²) in [6, 6.07) is 3.94. The van der Waals surface area contributed by atoms with Crippen molar-refractivity contribution in [2.24, 2.45) is 0 Å². The minimum Gasteiger partial charge on any atom is -0.493 e. The number of hydrogen-bond acceptors (Lipinski definition) is 4. The monoisotopic (exact) mass is 346 g/mol. The molecule has 0 saturated carbocycles. The van der Waals surface area contributed by atoms with Crippen molar-refractivity contribution in [3.8, 4) is 11.5 Å². The summed E-state index contributed by atoms with van der Waals surface area (Å²) >= 11 is 0. The number of hydrogen-bond donors (Lipinski definition) is 2. The third-order valence-electron chi connectivity index (χ3n) is 4.22. The predicted octanol–water partition coefficient (Wildman–Crippen LogP) is 2.97. The highest BCUT2D eigenvalue weighted by Crippen LogP contribution is 2.34. The molecule has 2 rings (SSSR count). The molecule has 138 valence electrons. The van der Waals surface area contributed by atoms with E-state index in [1.54, 1.807) is 7.11 Å². The van der Waals surface area contributed by atoms with Gasteiger partial charge in [-0.2, -0.15) is 0 Å². The van der Waals surface area contributed by atoms with Crippen LogP contribution in [0.4, 0.5) is 0 Å². The Labute approximate surface area is 150 Å². The first-order valence-corrected chi connectivity index (χ1v) is 9.03. The molecule has 0 unspecified atom stereocenters. The van der Waals surface area contributed by atoms with Crippen LogP contribution < -0.4 is 20.1 Å². The molecule has 5 heteroatoms. The van der Waals surface area contributed by atoms with Gasteiger partial charge in [-0.3, -0.25) is 4.79 Å². The van der Waals surface area contributed by atoms with Gasteiger partial charge in [0.15, 0.2) is 11.5 Å². The third kappa shape index (κ3) is 5.49. The van der Waals surface area contributed by atoms with E-state index in [4.69, 9.17) is 9.47 Å². The molecule has 1 atom stereocenters. The molecule has 0 bridgehead atoms. The summed E-state index contributed by atoms with van der Waals surface area (Å²) in [7, 11) is 1.65. The van der Waals surface area contributed by atoms with Crippen molar-refractivity contribution in [2.75, 3.05) is 13.7 Å². The van der Waals surface area contributed by atoms with Crippen LogP contribution in [0.25, 0.3) is 0 Å². The number of benzene rings is 1. The highest BCUT2D eigenvalue weighted by Gasteiger charge is 2.20. The zero-order valence-electron chi connectivity index (χ0n) is 15.6. The van der Waals surface area contributed by atoms with Gasteiger partial charge in [0.05, 0.1) is 19.3 Å². The highest BCUT2D eigenvalue weighted by molar-refractivity contribution is 5.81. The van der Waals surface area contributed by atoms with E-state index in [0.29, 0.717) is 13.0 Å². The van der Waals surface area contributed by atoms with Gasteiger partial charge < -0.3 is 20.1 Å². The number of ether oxygens (including phenoxy) is 2. The molecule has 1 aromatic carbocycles. The Kier molecular flexibility index (Phi) is 7.31. The van der Waals surface area contributed by atoms with Crippen LogP contribution in [-0.2, 0) is 17.8 Å². The Morgan fingerprint density at radius 2 is 2.20 bits per heavy atom. The molecule has 0 spiro atoms. The molecule has 0 aromatic heterocycles. The maximum atomic E-state index is 12.1. The second-order valence-corrected chi connectivity index (χ2v) is 6.67. The SMILES string of the molecule is C=CCc1cc(CN[C@H]2CCCCNC2=O)cc(OC)c1OC(C)C. The number of methoxy groups -OCH3 is 1. The summed E-state index contributed by atoms with van der Waals surface area (Å²) in [5.41, 5.74) is 2.12. The summed E-state index contributed by atoms with van der Waals surface area (Å²) in [5.74, 6) is 1.58. The smallest absolute Gasteiger partial charge is 0.237 e. The standard InChI is InChI=1S/C20H30N2O3/c1-5-8-16-11-15(12-18(24-4)19(16)25-14(2)3)13-22-17-9-6-7-10-21-20(17)23/h5,11-12,14,17,22H,1,6-10,13H2,2-4H3,(H,21,23)/t17-/m0/s1. The molecule has 1 heterocycles. The van der Waals surface area contributed by atoms with Gasteiger partial charge in [0, 0.05) is 18.7 Å². The van der Waals surface area contributed by atoms with Gasteiger partial charge >= 0.3 is 0 Å². The van der Waals surface area contributed by atoms with Crippen LogP contribution in [0, 0.1) is 0 Å². The molecule has 0 aliphatic carbocycles. The summed E-state index contributed by atoms with van der Waals surface area (Å²) in [6.45, 7) is 9.22. The lowest BCUT2D eigenvalue weighted by Crippen LogP contribution is -2.42. The van der Waals surface area contributed by atoms with Gasteiger partial charge in [-0.15, -0.1) is 6.58 Å². The van der Waals surface area contributed by atoms with Crippen molar-refractivity contribution in [3.63, 3.8) is 0 Å². The summed E-state index contributed by atoms with van der Waals surface area (Å²) in [5, 5.41) is 6.33. The Morgan fingerprint density at radius 1 is 1.40 bits per heavy atom. The summed E-state index contributed by atoms with van der Waals surface area (Å²) < 4.78 is 11.5. The average molecular weight is 346 g/mol. The van der Waals surface area contributed by atoms with Gasteiger partial charge in [0.25, 0.3) is 0 Å². The van der Waals surface area contributed by atoms with Gasteiger partial charge in [-0.1, -0.05) is 12.1 Å². The first-order chi connectivity index (χ1) is 12.0. The maximum absolute atomic E-state index is 12.1. The zero-order chi connectivity index (χ0) is 18.2. The first kappa shape index (κ1) is 19.3. The Hall–Kier alpha value is -2.01. The minimum atomic E-state index is -0.136. The molecule has 1 fully saturated rings. The average Bonchev–Trinajstić information content (AvgIpc) is 2.79. The number of amides is 1. The van der Waals surface area contributed by atoms with Gasteiger partial charge in [0.2, 0.25) is 5.91 Å². The molecular weight excluding hydrogens is 316 g/mol. The van der Waals surface area contributed by atoms with Gasteiger partial charge in [0.1, 0.15) is 0 Å². The van der Waals surface area contributed by atoms with Crippen LogP contribution in [0.15, 0.2) is 24.8 Å². The van der Waals surface area contributed by atoms with E-state index >= 15 is 0 Å². The molecule has 25 heavy (non-hydrogen) atoms. The molecule has 1 saturated heterocycles. The molecule has 1 aliphatic rings. The van der Waals surface area contributed by atoms with Crippen LogP contribution in [-0.4, -0.2) is 31.7 Å². The fourth-order valence-corrected chi connectivity index (χ4v) is 3.03. The lowest BCUT2D eigenvalue weighted by molar-refractivity contribution is -0.122. The van der Waals surface area contributed by atoms with Gasteiger partial charge in [-0.05, 0) is 51.2 Å². The first-order valence-electron chi connectivity index (χ1n) is 9.03.